The van der Waals surface area contributed by atoms with Crippen molar-refractivity contribution in [1.29, 1.82) is 0 Å². The molecule has 2 rings (SSSR count). The summed E-state index contributed by atoms with van der Waals surface area (Å²) in [6, 6.07) is 5.05. The second-order valence-corrected chi connectivity index (χ2v) is 5.57. The molecule has 3 amide bonds. The molecule has 1 heterocycles. The minimum atomic E-state index is -0.733. The number of carbonyl (C=O) groups excluding carboxylic acids is 2. The molecular weight excluding hydrogens is 289 g/mol. The second kappa shape index (κ2) is 7.33. The number of imide groups is 1. The Morgan fingerprint density at radius 1 is 1.27 bits per heavy atom. The molecule has 0 bridgehead atoms. The van der Waals surface area contributed by atoms with Gasteiger partial charge >= 0.3 is 6.03 Å². The molecule has 1 fully saturated rings. The highest BCUT2D eigenvalue weighted by Crippen LogP contribution is 2.11. The quantitative estimate of drug-likeness (QED) is 0.745. The van der Waals surface area contributed by atoms with Crippen molar-refractivity contribution in [3.8, 4) is 0 Å². The number of benzene rings is 1. The summed E-state index contributed by atoms with van der Waals surface area (Å²) in [6.07, 6.45) is 0.164. The van der Waals surface area contributed by atoms with Gasteiger partial charge in [0.1, 0.15) is 31.1 Å². The standard InChI is InChI=1S/C15H20FN3O3/c1-10-7-19(8-11(2)22-10)9-14(20)18-15(21)17-13-6-4-3-5-12(13)16/h3-6,10-11H,7-9H2,1-2H3,(H2,17,18,20,21)/p+1/t10-,11+. The smallest absolute Gasteiger partial charge is 0.326 e. The van der Waals surface area contributed by atoms with Crippen LogP contribution in [0, 0.1) is 5.82 Å². The molecule has 3 atom stereocenters. The lowest BCUT2D eigenvalue weighted by Gasteiger charge is -2.31. The van der Waals surface area contributed by atoms with Crippen molar-refractivity contribution >= 4 is 17.6 Å². The largest absolute Gasteiger partial charge is 0.364 e. The lowest BCUT2D eigenvalue weighted by atomic mass is 10.2. The Kier molecular flexibility index (Phi) is 5.46. The van der Waals surface area contributed by atoms with E-state index in [0.717, 1.165) is 4.90 Å². The molecule has 1 aromatic rings. The molecule has 1 aromatic carbocycles. The normalized spacial score (nSPS) is 24.6. The van der Waals surface area contributed by atoms with E-state index in [0.29, 0.717) is 13.1 Å². The molecule has 120 valence electrons. The zero-order chi connectivity index (χ0) is 16.1. The van der Waals surface area contributed by atoms with E-state index in [-0.39, 0.29) is 24.4 Å². The van der Waals surface area contributed by atoms with Crippen LogP contribution in [0.2, 0.25) is 0 Å². The number of hydrogen-bond acceptors (Lipinski definition) is 3. The number of urea groups is 1. The first kappa shape index (κ1) is 16.4. The third-order valence-corrected chi connectivity index (χ3v) is 3.40. The lowest BCUT2D eigenvalue weighted by Crippen LogP contribution is -3.16. The number of morpholine rings is 1. The topological polar surface area (TPSA) is 71.9 Å². The number of anilines is 1. The fraction of sp³-hybridized carbons (Fsp3) is 0.467. The summed E-state index contributed by atoms with van der Waals surface area (Å²) in [4.78, 5) is 24.6. The molecule has 0 spiro atoms. The highest BCUT2D eigenvalue weighted by Gasteiger charge is 2.27. The molecule has 3 N–H and O–H groups in total. The van der Waals surface area contributed by atoms with Crippen molar-refractivity contribution in [2.75, 3.05) is 25.0 Å². The first-order valence-electron chi connectivity index (χ1n) is 7.28. The van der Waals surface area contributed by atoms with Gasteiger partial charge in [-0.2, -0.15) is 0 Å². The Bertz CT molecular complexity index is 543. The molecule has 0 aliphatic carbocycles. The second-order valence-electron chi connectivity index (χ2n) is 5.57. The fourth-order valence-electron chi connectivity index (χ4n) is 2.65. The third-order valence-electron chi connectivity index (χ3n) is 3.40. The first-order chi connectivity index (χ1) is 10.4. The van der Waals surface area contributed by atoms with Crippen LogP contribution in [-0.2, 0) is 9.53 Å². The molecule has 1 aliphatic heterocycles. The van der Waals surface area contributed by atoms with Gasteiger partial charge in [0, 0.05) is 0 Å². The number of hydrogen-bond donors (Lipinski definition) is 3. The Morgan fingerprint density at radius 2 is 1.91 bits per heavy atom. The average molecular weight is 310 g/mol. The summed E-state index contributed by atoms with van der Waals surface area (Å²) in [5, 5.41) is 4.53. The van der Waals surface area contributed by atoms with E-state index in [1.165, 1.54) is 18.2 Å². The van der Waals surface area contributed by atoms with Crippen molar-refractivity contribution in [1.82, 2.24) is 5.32 Å². The van der Waals surface area contributed by atoms with Gasteiger partial charge in [-0.3, -0.25) is 10.1 Å². The molecule has 0 radical (unpaired) electrons. The number of halogens is 1. The van der Waals surface area contributed by atoms with E-state index < -0.39 is 17.8 Å². The van der Waals surface area contributed by atoms with Crippen molar-refractivity contribution in [3.05, 3.63) is 30.1 Å². The third kappa shape index (κ3) is 4.78. The zero-order valence-corrected chi connectivity index (χ0v) is 12.7. The van der Waals surface area contributed by atoms with Crippen molar-refractivity contribution in [2.45, 2.75) is 26.1 Å². The van der Waals surface area contributed by atoms with Gasteiger partial charge in [0.15, 0.2) is 6.54 Å². The Labute approximate surface area is 128 Å². The lowest BCUT2D eigenvalue weighted by molar-refractivity contribution is -0.907. The van der Waals surface area contributed by atoms with Gasteiger partial charge in [0.2, 0.25) is 0 Å². The van der Waals surface area contributed by atoms with Crippen LogP contribution in [0.1, 0.15) is 13.8 Å². The maximum atomic E-state index is 13.4. The minimum absolute atomic E-state index is 0.0359. The number of quaternary nitrogens is 1. The molecule has 0 saturated carbocycles. The molecule has 22 heavy (non-hydrogen) atoms. The summed E-state index contributed by atoms with van der Waals surface area (Å²) in [7, 11) is 0. The monoisotopic (exact) mass is 310 g/mol. The van der Waals surface area contributed by atoms with Gasteiger partial charge in [-0.05, 0) is 26.0 Å². The minimum Gasteiger partial charge on any atom is -0.364 e. The van der Waals surface area contributed by atoms with Crippen LogP contribution in [-0.4, -0.2) is 43.8 Å². The zero-order valence-electron chi connectivity index (χ0n) is 12.7. The number of rotatable bonds is 3. The van der Waals surface area contributed by atoms with Gasteiger partial charge in [-0.1, -0.05) is 12.1 Å². The van der Waals surface area contributed by atoms with Gasteiger partial charge < -0.3 is 15.0 Å². The van der Waals surface area contributed by atoms with Crippen LogP contribution >= 0.6 is 0 Å². The Balaban J connectivity index is 1.81. The molecule has 7 heteroatoms. The van der Waals surface area contributed by atoms with Gasteiger partial charge in [-0.25, -0.2) is 9.18 Å². The SMILES string of the molecule is C[C@@H]1C[NH+](CC(=O)NC(=O)Nc2ccccc2F)C[C@H](C)O1. The van der Waals surface area contributed by atoms with Crippen molar-refractivity contribution in [2.24, 2.45) is 0 Å². The van der Waals surface area contributed by atoms with E-state index in [9.17, 15) is 14.0 Å². The number of ether oxygens (including phenoxy) is 1. The molecule has 1 saturated heterocycles. The van der Waals surface area contributed by atoms with Gasteiger partial charge in [0.25, 0.3) is 5.91 Å². The predicted molar refractivity (Wildman–Crippen MR) is 79.1 cm³/mol. The van der Waals surface area contributed by atoms with E-state index in [1.54, 1.807) is 6.07 Å². The number of amides is 3. The predicted octanol–water partition coefficient (Wildman–Crippen LogP) is 0.166. The molecule has 6 nitrogen and oxygen atoms in total. The van der Waals surface area contributed by atoms with Crippen molar-refractivity contribution < 1.29 is 23.6 Å². The van der Waals surface area contributed by atoms with Crippen LogP contribution in [0.3, 0.4) is 0 Å². The Hall–Kier alpha value is -1.99. The first-order valence-corrected chi connectivity index (χ1v) is 7.28. The van der Waals surface area contributed by atoms with Crippen LogP contribution in [0.4, 0.5) is 14.9 Å². The summed E-state index contributed by atoms with van der Waals surface area (Å²) in [5.41, 5.74) is 0.0359. The number of carbonyl (C=O) groups is 2. The van der Waals surface area contributed by atoms with Crippen LogP contribution in [0.5, 0.6) is 0 Å². The van der Waals surface area contributed by atoms with Crippen LogP contribution in [0.15, 0.2) is 24.3 Å². The fourth-order valence-corrected chi connectivity index (χ4v) is 2.65. The van der Waals surface area contributed by atoms with Crippen LogP contribution in [0.25, 0.3) is 0 Å². The summed E-state index contributed by atoms with van der Waals surface area (Å²) in [6.45, 7) is 5.53. The maximum Gasteiger partial charge on any atom is 0.326 e. The highest BCUT2D eigenvalue weighted by atomic mass is 19.1. The highest BCUT2D eigenvalue weighted by molar-refractivity contribution is 6.01. The maximum absolute atomic E-state index is 13.4. The van der Waals surface area contributed by atoms with E-state index >= 15 is 0 Å². The van der Waals surface area contributed by atoms with Gasteiger partial charge in [0.05, 0.1) is 5.69 Å². The molecule has 1 unspecified atom stereocenters. The molecular formula is C15H21FN3O3+. The molecule has 1 aliphatic rings. The van der Waals surface area contributed by atoms with Crippen LogP contribution < -0.4 is 15.5 Å². The van der Waals surface area contributed by atoms with E-state index in [4.69, 9.17) is 4.74 Å². The average Bonchev–Trinajstić information content (AvgIpc) is 2.39. The van der Waals surface area contributed by atoms with E-state index in [2.05, 4.69) is 10.6 Å². The number of para-hydroxylation sites is 1. The summed E-state index contributed by atoms with van der Waals surface area (Å²) < 4.78 is 19.0. The van der Waals surface area contributed by atoms with E-state index in [1.807, 2.05) is 13.8 Å². The molecule has 0 aromatic heterocycles. The van der Waals surface area contributed by atoms with Gasteiger partial charge in [-0.15, -0.1) is 0 Å². The Morgan fingerprint density at radius 3 is 2.55 bits per heavy atom. The summed E-state index contributed by atoms with van der Waals surface area (Å²) in [5.74, 6) is -0.948. The van der Waals surface area contributed by atoms with Crippen molar-refractivity contribution in [3.63, 3.8) is 0 Å². The number of nitrogens with one attached hydrogen (secondary N) is 3. The summed E-state index contributed by atoms with van der Waals surface area (Å²) >= 11 is 0.